The molecule has 4 heteroatoms. The van der Waals surface area contributed by atoms with E-state index in [0.29, 0.717) is 17.1 Å². The van der Waals surface area contributed by atoms with E-state index in [1.165, 1.54) is 19.3 Å². The molecule has 2 fully saturated rings. The number of carbonyl (C=O) groups is 1. The molecule has 0 aromatic heterocycles. The van der Waals surface area contributed by atoms with Crippen LogP contribution < -0.4 is 5.73 Å². The van der Waals surface area contributed by atoms with Gasteiger partial charge in [0.25, 0.3) is 0 Å². The van der Waals surface area contributed by atoms with Crippen molar-refractivity contribution in [2.75, 3.05) is 0 Å². The maximum atomic E-state index is 13.2. The number of amides is 1. The van der Waals surface area contributed by atoms with Crippen molar-refractivity contribution in [2.24, 2.45) is 11.1 Å². The van der Waals surface area contributed by atoms with Crippen LogP contribution in [0.3, 0.4) is 0 Å². The molecule has 1 heterocycles. The third-order valence-electron chi connectivity index (χ3n) is 5.27. The molecule has 1 aliphatic heterocycles. The zero-order chi connectivity index (χ0) is 14.8. The van der Waals surface area contributed by atoms with E-state index in [1.807, 2.05) is 0 Å². The van der Waals surface area contributed by atoms with E-state index < -0.39 is 5.41 Å². The van der Waals surface area contributed by atoms with Gasteiger partial charge in [0.15, 0.2) is 0 Å². The maximum Gasteiger partial charge on any atom is 0.236 e. The summed E-state index contributed by atoms with van der Waals surface area (Å²) in [5, 5.41) is 0. The average Bonchev–Trinajstić information content (AvgIpc) is 2.64. The van der Waals surface area contributed by atoms with E-state index in [-0.39, 0.29) is 5.91 Å². The summed E-state index contributed by atoms with van der Waals surface area (Å²) < 4.78 is 0. The molecule has 1 amide bonds. The van der Waals surface area contributed by atoms with Gasteiger partial charge in [0, 0.05) is 12.1 Å². The maximum absolute atomic E-state index is 13.2. The number of thiocarbonyl (C=S) groups is 1. The zero-order valence-electron chi connectivity index (χ0n) is 12.9. The lowest BCUT2D eigenvalue weighted by atomic mass is 9.77. The number of nitrogens with zero attached hydrogens (tertiary/aromatic N) is 1. The number of nitrogens with two attached hydrogens (primary N) is 1. The molecule has 2 aliphatic rings. The molecule has 0 aromatic carbocycles. The third-order valence-corrected chi connectivity index (χ3v) is 5.66. The molecule has 2 N–H and O–H groups in total. The van der Waals surface area contributed by atoms with Crippen LogP contribution in [0.2, 0.25) is 0 Å². The van der Waals surface area contributed by atoms with Crippen LogP contribution in [0.25, 0.3) is 0 Å². The van der Waals surface area contributed by atoms with Crippen molar-refractivity contribution < 1.29 is 4.79 Å². The minimum Gasteiger partial charge on any atom is -0.392 e. The number of likely N-dealkylation sites (tertiary alicyclic amines) is 1. The minimum atomic E-state index is -0.564. The summed E-state index contributed by atoms with van der Waals surface area (Å²) in [5.41, 5.74) is 5.49. The molecule has 114 valence electrons. The van der Waals surface area contributed by atoms with Crippen molar-refractivity contribution in [3.8, 4) is 0 Å². The van der Waals surface area contributed by atoms with E-state index in [9.17, 15) is 4.79 Å². The number of hydrogen-bond donors (Lipinski definition) is 1. The molecule has 1 aliphatic carbocycles. The molecule has 0 radical (unpaired) electrons. The smallest absolute Gasteiger partial charge is 0.236 e. The summed E-state index contributed by atoms with van der Waals surface area (Å²) in [5.74, 6) is 0.214. The van der Waals surface area contributed by atoms with Crippen LogP contribution in [0.1, 0.15) is 71.6 Å². The first-order valence-electron chi connectivity index (χ1n) is 8.12. The molecular weight excluding hydrogens is 268 g/mol. The predicted octanol–water partition coefficient (Wildman–Crippen LogP) is 3.40. The van der Waals surface area contributed by atoms with Crippen molar-refractivity contribution in [3.63, 3.8) is 0 Å². The van der Waals surface area contributed by atoms with Crippen molar-refractivity contribution >= 4 is 23.1 Å². The Morgan fingerprint density at radius 3 is 2.00 bits per heavy atom. The summed E-state index contributed by atoms with van der Waals surface area (Å²) in [6.45, 7) is 4.33. The molecule has 1 saturated carbocycles. The van der Waals surface area contributed by atoms with Gasteiger partial charge in [-0.2, -0.15) is 0 Å². The van der Waals surface area contributed by atoms with E-state index in [1.54, 1.807) is 0 Å². The van der Waals surface area contributed by atoms with Gasteiger partial charge in [0.05, 0.1) is 10.4 Å². The van der Waals surface area contributed by atoms with Crippen LogP contribution in [-0.4, -0.2) is 27.9 Å². The molecule has 20 heavy (non-hydrogen) atoms. The van der Waals surface area contributed by atoms with E-state index in [4.69, 9.17) is 18.0 Å². The molecule has 2 unspecified atom stereocenters. The largest absolute Gasteiger partial charge is 0.392 e. The van der Waals surface area contributed by atoms with Crippen molar-refractivity contribution in [3.05, 3.63) is 0 Å². The van der Waals surface area contributed by atoms with Crippen molar-refractivity contribution in [1.82, 2.24) is 4.90 Å². The van der Waals surface area contributed by atoms with Crippen LogP contribution in [0.5, 0.6) is 0 Å². The molecule has 1 saturated heterocycles. The Kier molecular flexibility index (Phi) is 5.05. The fourth-order valence-corrected chi connectivity index (χ4v) is 4.26. The van der Waals surface area contributed by atoms with E-state index in [2.05, 4.69) is 18.7 Å². The lowest BCUT2D eigenvalue weighted by Gasteiger charge is -2.44. The van der Waals surface area contributed by atoms with Gasteiger partial charge in [0.1, 0.15) is 0 Å². The normalized spacial score (nSPS) is 30.6. The Balaban J connectivity index is 2.28. The Morgan fingerprint density at radius 1 is 1.05 bits per heavy atom. The van der Waals surface area contributed by atoms with Gasteiger partial charge in [-0.15, -0.1) is 0 Å². The first-order valence-corrected chi connectivity index (χ1v) is 8.52. The summed E-state index contributed by atoms with van der Waals surface area (Å²) in [6, 6.07) is 0.640. The monoisotopic (exact) mass is 296 g/mol. The highest BCUT2D eigenvalue weighted by molar-refractivity contribution is 7.80. The molecule has 3 nitrogen and oxygen atoms in total. The Morgan fingerprint density at radius 2 is 1.55 bits per heavy atom. The van der Waals surface area contributed by atoms with Gasteiger partial charge < -0.3 is 10.6 Å². The van der Waals surface area contributed by atoms with Gasteiger partial charge in [-0.1, -0.05) is 37.9 Å². The lowest BCUT2D eigenvalue weighted by Crippen LogP contribution is -2.57. The lowest BCUT2D eigenvalue weighted by molar-refractivity contribution is -0.145. The zero-order valence-corrected chi connectivity index (χ0v) is 13.7. The van der Waals surface area contributed by atoms with Crippen LogP contribution >= 0.6 is 12.2 Å². The molecule has 0 spiro atoms. The number of hydrogen-bond acceptors (Lipinski definition) is 2. The molecule has 0 aromatic rings. The second kappa shape index (κ2) is 6.42. The van der Waals surface area contributed by atoms with Gasteiger partial charge in [-0.25, -0.2) is 0 Å². The minimum absolute atomic E-state index is 0.214. The van der Waals surface area contributed by atoms with Crippen LogP contribution in [-0.2, 0) is 4.79 Å². The predicted molar refractivity (Wildman–Crippen MR) is 86.5 cm³/mol. The SMILES string of the molecule is CC1CCCC(C)N1C(=O)C1(C(N)=S)CCCCCC1. The number of rotatable bonds is 2. The van der Waals surface area contributed by atoms with E-state index in [0.717, 1.165) is 38.5 Å². The first-order chi connectivity index (χ1) is 9.49. The van der Waals surface area contributed by atoms with Crippen LogP contribution in [0.15, 0.2) is 0 Å². The highest BCUT2D eigenvalue weighted by Gasteiger charge is 2.46. The van der Waals surface area contributed by atoms with Gasteiger partial charge >= 0.3 is 0 Å². The second-order valence-corrected chi connectivity index (χ2v) is 7.14. The fourth-order valence-electron chi connectivity index (χ4n) is 3.97. The molecule has 2 rings (SSSR count). The standard InChI is InChI=1S/C16H28N2OS/c1-12-8-7-9-13(2)18(12)15(19)16(14(17)20)10-5-3-4-6-11-16/h12-13H,3-11H2,1-2H3,(H2,17,20). The summed E-state index contributed by atoms with van der Waals surface area (Å²) in [7, 11) is 0. The summed E-state index contributed by atoms with van der Waals surface area (Å²) in [6.07, 6.45) is 9.64. The third kappa shape index (κ3) is 2.85. The molecular formula is C16H28N2OS. The number of carbonyl (C=O) groups excluding carboxylic acids is 1. The Hall–Kier alpha value is -0.640. The Labute approximate surface area is 128 Å². The topological polar surface area (TPSA) is 46.3 Å². The first kappa shape index (κ1) is 15.7. The van der Waals surface area contributed by atoms with Crippen LogP contribution in [0.4, 0.5) is 0 Å². The highest BCUT2D eigenvalue weighted by atomic mass is 32.1. The second-order valence-electron chi connectivity index (χ2n) is 6.70. The Bertz CT molecular complexity index is 365. The highest BCUT2D eigenvalue weighted by Crippen LogP contribution is 2.39. The summed E-state index contributed by atoms with van der Waals surface area (Å²) >= 11 is 5.34. The quantitative estimate of drug-likeness (QED) is 0.627. The summed E-state index contributed by atoms with van der Waals surface area (Å²) in [4.78, 5) is 15.8. The fraction of sp³-hybridized carbons (Fsp3) is 0.875. The van der Waals surface area contributed by atoms with Gasteiger partial charge in [-0.3, -0.25) is 4.79 Å². The molecule has 0 bridgehead atoms. The van der Waals surface area contributed by atoms with Crippen molar-refractivity contribution in [1.29, 1.82) is 0 Å². The number of piperidine rings is 1. The van der Waals surface area contributed by atoms with E-state index >= 15 is 0 Å². The van der Waals surface area contributed by atoms with Gasteiger partial charge in [-0.05, 0) is 46.0 Å². The average molecular weight is 296 g/mol. The molecule has 2 atom stereocenters. The van der Waals surface area contributed by atoms with Gasteiger partial charge in [0.2, 0.25) is 5.91 Å². The van der Waals surface area contributed by atoms with Crippen molar-refractivity contribution in [2.45, 2.75) is 83.7 Å². The van der Waals surface area contributed by atoms with Crippen LogP contribution in [0, 0.1) is 5.41 Å².